The molecule has 0 saturated carbocycles. The summed E-state index contributed by atoms with van der Waals surface area (Å²) in [4.78, 5) is 13.6. The third kappa shape index (κ3) is 4.20. The molecule has 2 atom stereocenters. The second-order valence-electron chi connectivity index (χ2n) is 6.51. The van der Waals surface area contributed by atoms with Crippen LogP contribution < -0.4 is 10.2 Å². The van der Waals surface area contributed by atoms with Gasteiger partial charge in [-0.15, -0.1) is 0 Å². The molecule has 0 aliphatic heterocycles. The van der Waals surface area contributed by atoms with Crippen molar-refractivity contribution in [3.8, 4) is 0 Å². The molecule has 0 heterocycles. The zero-order valence-electron chi connectivity index (χ0n) is 13.7. The van der Waals surface area contributed by atoms with Gasteiger partial charge >= 0.3 is 0 Å². The summed E-state index contributed by atoms with van der Waals surface area (Å²) < 4.78 is 0. The van der Waals surface area contributed by atoms with Crippen molar-refractivity contribution in [2.24, 2.45) is 0 Å². The molecule has 23 heavy (non-hydrogen) atoms. The molecule has 0 saturated heterocycles. The summed E-state index contributed by atoms with van der Waals surface area (Å²) in [5, 5.41) is 3.23. The molecular weight excluding hydrogens is 284 g/mol. The molecule has 1 aliphatic rings. The molecule has 1 unspecified atom stereocenters. The van der Waals surface area contributed by atoms with Crippen LogP contribution >= 0.6 is 0 Å². The molecule has 0 fully saturated rings. The predicted octanol–water partition coefficient (Wildman–Crippen LogP) is 1.90. The fourth-order valence-corrected chi connectivity index (χ4v) is 3.43. The molecule has 1 aliphatic carbocycles. The van der Waals surface area contributed by atoms with Crippen LogP contribution in [-0.4, -0.2) is 19.5 Å². The van der Waals surface area contributed by atoms with E-state index in [1.165, 1.54) is 21.6 Å². The first-order chi connectivity index (χ1) is 11.2. The van der Waals surface area contributed by atoms with Crippen molar-refractivity contribution in [1.29, 1.82) is 0 Å². The molecule has 0 radical (unpaired) electrons. The Morgan fingerprint density at radius 1 is 1.13 bits per heavy atom. The van der Waals surface area contributed by atoms with Crippen LogP contribution in [0.1, 0.15) is 35.6 Å². The number of hydrogen-bond donors (Lipinski definition) is 2. The Morgan fingerprint density at radius 3 is 2.70 bits per heavy atom. The quantitative estimate of drug-likeness (QED) is 0.869. The molecule has 0 spiro atoms. The smallest absolute Gasteiger partial charge is 0.275 e. The van der Waals surface area contributed by atoms with Gasteiger partial charge in [0.25, 0.3) is 5.91 Å². The van der Waals surface area contributed by atoms with Gasteiger partial charge in [0.15, 0.2) is 6.54 Å². The largest absolute Gasteiger partial charge is 0.344 e. The molecule has 0 aromatic heterocycles. The van der Waals surface area contributed by atoms with Gasteiger partial charge in [-0.2, -0.15) is 0 Å². The topological polar surface area (TPSA) is 33.5 Å². The van der Waals surface area contributed by atoms with Crippen molar-refractivity contribution >= 4 is 5.91 Å². The van der Waals surface area contributed by atoms with Gasteiger partial charge in [-0.3, -0.25) is 4.79 Å². The van der Waals surface area contributed by atoms with Gasteiger partial charge in [-0.25, -0.2) is 0 Å². The average molecular weight is 309 g/mol. The number of hydrogen-bond acceptors (Lipinski definition) is 1. The number of fused-ring (bicyclic) bond motifs is 1. The standard InChI is InChI=1S/C20H24N2O/c1-22(14-16-8-3-2-4-9-16)15-20(23)21-19-13-7-11-17-10-5-6-12-18(17)19/h2-6,8-10,12,19H,7,11,13-15H2,1H3,(H,21,23)/p+1/t19-/m0/s1. The van der Waals surface area contributed by atoms with Gasteiger partial charge < -0.3 is 10.2 Å². The van der Waals surface area contributed by atoms with Crippen LogP contribution in [0.5, 0.6) is 0 Å². The van der Waals surface area contributed by atoms with E-state index in [0.29, 0.717) is 6.54 Å². The number of rotatable bonds is 5. The van der Waals surface area contributed by atoms with Crippen LogP contribution in [0.2, 0.25) is 0 Å². The summed E-state index contributed by atoms with van der Waals surface area (Å²) in [6.07, 6.45) is 3.32. The lowest BCUT2D eigenvalue weighted by Crippen LogP contribution is -3.08. The van der Waals surface area contributed by atoms with Gasteiger partial charge in [0, 0.05) is 5.56 Å². The number of carbonyl (C=O) groups excluding carboxylic acids is 1. The zero-order chi connectivity index (χ0) is 16.1. The minimum absolute atomic E-state index is 0.139. The van der Waals surface area contributed by atoms with E-state index < -0.39 is 0 Å². The van der Waals surface area contributed by atoms with Crippen molar-refractivity contribution in [2.75, 3.05) is 13.6 Å². The summed E-state index contributed by atoms with van der Waals surface area (Å²) in [5.41, 5.74) is 3.95. The molecule has 2 N–H and O–H groups in total. The molecule has 3 heteroatoms. The first-order valence-corrected chi connectivity index (χ1v) is 8.45. The fraction of sp³-hybridized carbons (Fsp3) is 0.350. The van der Waals surface area contributed by atoms with E-state index >= 15 is 0 Å². The average Bonchev–Trinajstić information content (AvgIpc) is 2.56. The highest BCUT2D eigenvalue weighted by Gasteiger charge is 2.22. The number of benzene rings is 2. The van der Waals surface area contributed by atoms with Crippen LogP contribution in [0.25, 0.3) is 0 Å². The number of quaternary nitrogens is 1. The molecule has 1 amide bonds. The van der Waals surface area contributed by atoms with Crippen LogP contribution in [0.3, 0.4) is 0 Å². The van der Waals surface area contributed by atoms with Gasteiger partial charge in [0.05, 0.1) is 13.1 Å². The van der Waals surface area contributed by atoms with E-state index in [2.05, 4.69) is 48.8 Å². The minimum atomic E-state index is 0.139. The van der Waals surface area contributed by atoms with Gasteiger partial charge in [0.2, 0.25) is 0 Å². The summed E-state index contributed by atoms with van der Waals surface area (Å²) in [6, 6.07) is 19.0. The van der Waals surface area contributed by atoms with Crippen molar-refractivity contribution < 1.29 is 9.69 Å². The third-order valence-corrected chi connectivity index (χ3v) is 4.52. The van der Waals surface area contributed by atoms with E-state index in [1.807, 2.05) is 18.2 Å². The number of aryl methyl sites for hydroxylation is 1. The Kier molecular flexibility index (Phi) is 5.09. The van der Waals surface area contributed by atoms with E-state index in [4.69, 9.17) is 0 Å². The lowest BCUT2D eigenvalue weighted by molar-refractivity contribution is -0.885. The molecule has 2 aromatic carbocycles. The Hall–Kier alpha value is -2.13. The highest BCUT2D eigenvalue weighted by Crippen LogP contribution is 2.29. The van der Waals surface area contributed by atoms with E-state index in [0.717, 1.165) is 25.8 Å². The normalized spacial score (nSPS) is 18.0. The van der Waals surface area contributed by atoms with Gasteiger partial charge in [-0.1, -0.05) is 54.6 Å². The monoisotopic (exact) mass is 309 g/mol. The van der Waals surface area contributed by atoms with Crippen LogP contribution in [0.15, 0.2) is 54.6 Å². The van der Waals surface area contributed by atoms with Crippen LogP contribution in [0, 0.1) is 0 Å². The van der Waals surface area contributed by atoms with Crippen LogP contribution in [0.4, 0.5) is 0 Å². The molecular formula is C20H25N2O+. The Labute approximate surface area is 138 Å². The molecule has 3 rings (SSSR count). The van der Waals surface area contributed by atoms with Gasteiger partial charge in [0.1, 0.15) is 6.54 Å². The number of nitrogens with one attached hydrogen (secondary N) is 2. The summed E-state index contributed by atoms with van der Waals surface area (Å²) >= 11 is 0. The molecule has 2 aromatic rings. The van der Waals surface area contributed by atoms with E-state index in [1.54, 1.807) is 0 Å². The fourth-order valence-electron chi connectivity index (χ4n) is 3.43. The summed E-state index contributed by atoms with van der Waals surface area (Å²) in [6.45, 7) is 1.38. The lowest BCUT2D eigenvalue weighted by Gasteiger charge is -2.26. The maximum Gasteiger partial charge on any atom is 0.275 e. The molecule has 120 valence electrons. The predicted molar refractivity (Wildman–Crippen MR) is 92.2 cm³/mol. The SMILES string of the molecule is C[NH+](CC(=O)N[C@H]1CCCc2ccccc21)Cc1ccccc1. The minimum Gasteiger partial charge on any atom is -0.344 e. The Balaban J connectivity index is 1.56. The zero-order valence-corrected chi connectivity index (χ0v) is 13.7. The number of carbonyl (C=O) groups is 1. The van der Waals surface area contributed by atoms with Crippen molar-refractivity contribution in [3.05, 3.63) is 71.3 Å². The lowest BCUT2D eigenvalue weighted by atomic mass is 9.88. The molecule has 0 bridgehead atoms. The van der Waals surface area contributed by atoms with Gasteiger partial charge in [-0.05, 0) is 30.4 Å². The molecule has 3 nitrogen and oxygen atoms in total. The second kappa shape index (κ2) is 7.42. The first kappa shape index (κ1) is 15.8. The summed E-state index contributed by atoms with van der Waals surface area (Å²) in [7, 11) is 2.07. The summed E-state index contributed by atoms with van der Waals surface area (Å²) in [5.74, 6) is 0.139. The van der Waals surface area contributed by atoms with Crippen molar-refractivity contribution in [3.63, 3.8) is 0 Å². The maximum atomic E-state index is 12.4. The first-order valence-electron chi connectivity index (χ1n) is 8.45. The van der Waals surface area contributed by atoms with E-state index in [-0.39, 0.29) is 11.9 Å². The number of likely N-dealkylation sites (N-methyl/N-ethyl adjacent to an activating group) is 1. The van der Waals surface area contributed by atoms with E-state index in [9.17, 15) is 4.79 Å². The Bertz CT molecular complexity index is 654. The number of amides is 1. The van der Waals surface area contributed by atoms with Crippen LogP contribution in [-0.2, 0) is 17.8 Å². The second-order valence-corrected chi connectivity index (χ2v) is 6.51. The third-order valence-electron chi connectivity index (χ3n) is 4.52. The van der Waals surface area contributed by atoms with Crippen molar-refractivity contribution in [1.82, 2.24) is 5.32 Å². The highest BCUT2D eigenvalue weighted by molar-refractivity contribution is 5.77. The maximum absolute atomic E-state index is 12.4. The Morgan fingerprint density at radius 2 is 1.87 bits per heavy atom. The van der Waals surface area contributed by atoms with Crippen molar-refractivity contribution in [2.45, 2.75) is 31.8 Å². The highest BCUT2D eigenvalue weighted by atomic mass is 16.2.